The number of fused-ring (bicyclic) bond motifs is 1. The summed E-state index contributed by atoms with van der Waals surface area (Å²) < 4.78 is 1.73. The predicted molar refractivity (Wildman–Crippen MR) is 110 cm³/mol. The van der Waals surface area contributed by atoms with Gasteiger partial charge in [0.1, 0.15) is 12.4 Å². The van der Waals surface area contributed by atoms with Gasteiger partial charge in [0.25, 0.3) is 5.91 Å². The topological polar surface area (TPSA) is 71.8 Å². The minimum atomic E-state index is -0.376. The molecule has 0 saturated carbocycles. The first-order valence-corrected chi connectivity index (χ1v) is 9.33. The lowest BCUT2D eigenvalue weighted by Crippen LogP contribution is -2.31. The van der Waals surface area contributed by atoms with Crippen molar-refractivity contribution in [3.05, 3.63) is 81.8 Å². The zero-order chi connectivity index (χ0) is 19.8. The van der Waals surface area contributed by atoms with Crippen molar-refractivity contribution in [1.82, 2.24) is 14.8 Å². The number of carbonyl (C=O) groups excluding carboxylic acids is 1. The van der Waals surface area contributed by atoms with E-state index in [0.29, 0.717) is 22.2 Å². The highest BCUT2D eigenvalue weighted by Crippen LogP contribution is 2.35. The van der Waals surface area contributed by atoms with Gasteiger partial charge in [-0.15, -0.1) is 0 Å². The molecule has 1 amide bonds. The molecular formula is C21H20ClN5O. The Kier molecular flexibility index (Phi) is 4.65. The molecule has 2 heterocycles. The second kappa shape index (κ2) is 7.13. The molecule has 1 aliphatic heterocycles. The van der Waals surface area contributed by atoms with Crippen molar-refractivity contribution < 1.29 is 4.79 Å². The van der Waals surface area contributed by atoms with Crippen LogP contribution in [0.3, 0.4) is 0 Å². The predicted octanol–water partition coefficient (Wildman–Crippen LogP) is 4.48. The van der Waals surface area contributed by atoms with Crippen LogP contribution in [0.4, 0.5) is 11.6 Å². The number of amides is 1. The lowest BCUT2D eigenvalue weighted by molar-refractivity contribution is -0.113. The van der Waals surface area contributed by atoms with E-state index in [1.165, 1.54) is 6.33 Å². The number of hydrogen-bond donors (Lipinski definition) is 2. The molecule has 142 valence electrons. The van der Waals surface area contributed by atoms with E-state index in [1.54, 1.807) is 16.8 Å². The summed E-state index contributed by atoms with van der Waals surface area (Å²) in [6.45, 7) is 5.84. The highest BCUT2D eigenvalue weighted by atomic mass is 35.5. The maximum atomic E-state index is 13.3. The number of anilines is 2. The van der Waals surface area contributed by atoms with Gasteiger partial charge in [0.05, 0.1) is 5.57 Å². The fraction of sp³-hybridized carbons (Fsp3) is 0.190. The average Bonchev–Trinajstić information content (AvgIpc) is 3.12. The fourth-order valence-electron chi connectivity index (χ4n) is 3.36. The number of nitrogens with zero attached hydrogens (tertiary/aromatic N) is 3. The first-order valence-electron chi connectivity index (χ1n) is 8.95. The molecule has 28 heavy (non-hydrogen) atoms. The highest BCUT2D eigenvalue weighted by molar-refractivity contribution is 6.31. The zero-order valence-corrected chi connectivity index (χ0v) is 16.6. The molecule has 0 unspecified atom stereocenters. The van der Waals surface area contributed by atoms with Crippen LogP contribution in [0.5, 0.6) is 0 Å². The molecule has 0 radical (unpaired) electrons. The molecule has 2 N–H and O–H groups in total. The average molecular weight is 394 g/mol. The first kappa shape index (κ1) is 18.3. The molecular weight excluding hydrogens is 374 g/mol. The number of allylic oxidation sites excluding steroid dienone is 1. The summed E-state index contributed by atoms with van der Waals surface area (Å²) in [5, 5.41) is 11.1. The van der Waals surface area contributed by atoms with Gasteiger partial charge >= 0.3 is 0 Å². The van der Waals surface area contributed by atoms with Crippen LogP contribution < -0.4 is 10.6 Å². The molecule has 1 aliphatic rings. The molecule has 0 spiro atoms. The number of rotatable bonds is 3. The summed E-state index contributed by atoms with van der Waals surface area (Å²) in [6, 6.07) is 13.1. The molecule has 4 rings (SSSR count). The molecule has 6 nitrogen and oxygen atoms in total. The molecule has 1 aromatic heterocycles. The first-order chi connectivity index (χ1) is 13.4. The summed E-state index contributed by atoms with van der Waals surface area (Å²) in [6.07, 6.45) is 1.48. The minimum absolute atomic E-state index is 0.206. The molecule has 2 aromatic carbocycles. The Labute approximate surface area is 168 Å². The van der Waals surface area contributed by atoms with Crippen molar-refractivity contribution >= 4 is 29.1 Å². The molecule has 3 aromatic rings. The van der Waals surface area contributed by atoms with Crippen LogP contribution in [0.15, 0.2) is 60.1 Å². The number of benzene rings is 2. The summed E-state index contributed by atoms with van der Waals surface area (Å²) in [7, 11) is 0. The van der Waals surface area contributed by atoms with Gasteiger partial charge in [-0.2, -0.15) is 10.1 Å². The van der Waals surface area contributed by atoms with Gasteiger partial charge in [0.15, 0.2) is 0 Å². The Morgan fingerprint density at radius 2 is 1.89 bits per heavy atom. The van der Waals surface area contributed by atoms with Crippen molar-refractivity contribution in [2.24, 2.45) is 0 Å². The third kappa shape index (κ3) is 3.27. The van der Waals surface area contributed by atoms with E-state index in [1.807, 2.05) is 51.1 Å². The quantitative estimate of drug-likeness (QED) is 0.688. The fourth-order valence-corrected chi connectivity index (χ4v) is 3.53. The second-order valence-corrected chi connectivity index (χ2v) is 7.35. The summed E-state index contributed by atoms with van der Waals surface area (Å²) in [5.41, 5.74) is 5.06. The van der Waals surface area contributed by atoms with Crippen LogP contribution in [0.2, 0.25) is 5.02 Å². The maximum absolute atomic E-state index is 13.3. The van der Waals surface area contributed by atoms with Crippen LogP contribution >= 0.6 is 11.6 Å². The van der Waals surface area contributed by atoms with Gasteiger partial charge in [-0.25, -0.2) is 4.68 Å². The van der Waals surface area contributed by atoms with E-state index >= 15 is 0 Å². The van der Waals surface area contributed by atoms with Crippen molar-refractivity contribution in [3.63, 3.8) is 0 Å². The van der Waals surface area contributed by atoms with Crippen LogP contribution in [0.1, 0.15) is 29.7 Å². The number of nitrogens with one attached hydrogen (secondary N) is 2. The number of hydrogen-bond acceptors (Lipinski definition) is 4. The molecule has 0 aliphatic carbocycles. The maximum Gasteiger partial charge on any atom is 0.255 e. The lowest BCUT2D eigenvalue weighted by Gasteiger charge is -2.29. The Bertz CT molecular complexity index is 1080. The van der Waals surface area contributed by atoms with Crippen molar-refractivity contribution in [2.45, 2.75) is 26.8 Å². The smallest absolute Gasteiger partial charge is 0.255 e. The Hall–Kier alpha value is -3.12. The largest absolute Gasteiger partial charge is 0.328 e. The SMILES string of the molecule is CC1=C(C(=O)Nc2cc(Cl)ccc2C)[C@H](c2ccc(C)cc2)n2ncnc2N1. The monoisotopic (exact) mass is 393 g/mol. The third-order valence-corrected chi connectivity index (χ3v) is 5.12. The molecule has 0 bridgehead atoms. The van der Waals surface area contributed by atoms with E-state index in [4.69, 9.17) is 11.6 Å². The summed E-state index contributed by atoms with van der Waals surface area (Å²) >= 11 is 6.11. The van der Waals surface area contributed by atoms with Gasteiger partial charge in [-0.3, -0.25) is 4.79 Å². The van der Waals surface area contributed by atoms with E-state index in [0.717, 1.165) is 22.4 Å². The standard InChI is InChI=1S/C21H20ClN5O/c1-12-4-7-15(8-5-12)19-18(14(3)25-21-23-11-24-27(19)21)20(28)26-17-10-16(22)9-6-13(17)2/h4-11,19H,1-3H3,(H,26,28)(H,23,24,25)/t19-/m0/s1. The Balaban J connectivity index is 1.77. The van der Waals surface area contributed by atoms with E-state index in [-0.39, 0.29) is 11.9 Å². The van der Waals surface area contributed by atoms with Crippen LogP contribution in [0, 0.1) is 13.8 Å². The minimum Gasteiger partial charge on any atom is -0.328 e. The van der Waals surface area contributed by atoms with Crippen LogP contribution in [-0.2, 0) is 4.79 Å². The number of halogens is 1. The molecule has 0 fully saturated rings. The van der Waals surface area contributed by atoms with Crippen LogP contribution in [0.25, 0.3) is 0 Å². The number of aromatic nitrogens is 3. The third-order valence-electron chi connectivity index (χ3n) is 4.88. The number of aryl methyl sites for hydroxylation is 2. The van der Waals surface area contributed by atoms with E-state index < -0.39 is 0 Å². The van der Waals surface area contributed by atoms with Gasteiger partial charge in [0, 0.05) is 16.4 Å². The van der Waals surface area contributed by atoms with Crippen LogP contribution in [-0.4, -0.2) is 20.7 Å². The second-order valence-electron chi connectivity index (χ2n) is 6.92. The lowest BCUT2D eigenvalue weighted by atomic mass is 9.94. The van der Waals surface area contributed by atoms with Crippen molar-refractivity contribution in [1.29, 1.82) is 0 Å². The van der Waals surface area contributed by atoms with E-state index in [2.05, 4.69) is 20.7 Å². The van der Waals surface area contributed by atoms with Gasteiger partial charge in [-0.05, 0) is 44.0 Å². The van der Waals surface area contributed by atoms with Gasteiger partial charge in [-0.1, -0.05) is 47.5 Å². The van der Waals surface area contributed by atoms with Gasteiger partial charge < -0.3 is 10.6 Å². The summed E-state index contributed by atoms with van der Waals surface area (Å²) in [4.78, 5) is 17.6. The highest BCUT2D eigenvalue weighted by Gasteiger charge is 2.33. The van der Waals surface area contributed by atoms with E-state index in [9.17, 15) is 4.79 Å². The summed E-state index contributed by atoms with van der Waals surface area (Å²) in [5.74, 6) is 0.403. The normalized spacial score (nSPS) is 15.8. The van der Waals surface area contributed by atoms with Crippen molar-refractivity contribution in [3.8, 4) is 0 Å². The van der Waals surface area contributed by atoms with Gasteiger partial charge in [0.2, 0.25) is 5.95 Å². The Morgan fingerprint density at radius 3 is 2.64 bits per heavy atom. The zero-order valence-electron chi connectivity index (χ0n) is 15.8. The molecule has 0 saturated heterocycles. The Morgan fingerprint density at radius 1 is 1.14 bits per heavy atom. The molecule has 7 heteroatoms. The number of carbonyl (C=O) groups is 1. The molecule has 1 atom stereocenters. The van der Waals surface area contributed by atoms with Crippen molar-refractivity contribution in [2.75, 3.05) is 10.6 Å².